The third-order valence-corrected chi connectivity index (χ3v) is 4.69. The highest BCUT2D eigenvalue weighted by Crippen LogP contribution is 2.34. The van der Waals surface area contributed by atoms with Crippen molar-refractivity contribution in [2.75, 3.05) is 5.32 Å². The zero-order valence-corrected chi connectivity index (χ0v) is 16.5. The standard InChI is InChI=1S/C20H12ClF3N4O3/c1-10(29)11-4-2-5-12(8-11)25-19(30)17-16(21)18-26-13(14-6-3-7-31-14)9-15(20(22,23)24)28(18)27-17/h2-9H,1H3,(H,25,30). The number of nitrogens with zero attached hydrogens (tertiary/aromatic N) is 3. The fraction of sp³-hybridized carbons (Fsp3) is 0.100. The fourth-order valence-electron chi connectivity index (χ4n) is 2.90. The number of benzene rings is 1. The summed E-state index contributed by atoms with van der Waals surface area (Å²) in [6.45, 7) is 1.36. The molecule has 158 valence electrons. The van der Waals surface area contributed by atoms with Crippen LogP contribution in [0.25, 0.3) is 17.1 Å². The van der Waals surface area contributed by atoms with Gasteiger partial charge in [0.2, 0.25) is 0 Å². The summed E-state index contributed by atoms with van der Waals surface area (Å²) in [6, 6.07) is 9.76. The lowest BCUT2D eigenvalue weighted by Gasteiger charge is -2.09. The number of carbonyl (C=O) groups excluding carboxylic acids is 2. The van der Waals surface area contributed by atoms with Crippen LogP contribution in [0, 0.1) is 0 Å². The number of hydrogen-bond donors (Lipinski definition) is 1. The Kier molecular flexibility index (Phi) is 5.02. The summed E-state index contributed by atoms with van der Waals surface area (Å²) in [7, 11) is 0. The monoisotopic (exact) mass is 448 g/mol. The third-order valence-electron chi connectivity index (χ3n) is 4.34. The first kappa shape index (κ1) is 20.6. The molecule has 0 spiro atoms. The number of anilines is 1. The van der Waals surface area contributed by atoms with Crippen molar-refractivity contribution in [3.8, 4) is 11.5 Å². The van der Waals surface area contributed by atoms with Gasteiger partial charge in [0.1, 0.15) is 10.7 Å². The zero-order valence-electron chi connectivity index (χ0n) is 15.7. The largest absolute Gasteiger partial charge is 0.463 e. The lowest BCUT2D eigenvalue weighted by Crippen LogP contribution is -2.16. The van der Waals surface area contributed by atoms with Gasteiger partial charge < -0.3 is 9.73 Å². The Bertz CT molecular complexity index is 1310. The summed E-state index contributed by atoms with van der Waals surface area (Å²) in [5.41, 5.74) is -1.50. The van der Waals surface area contributed by atoms with Gasteiger partial charge in [-0.2, -0.15) is 18.3 Å². The zero-order chi connectivity index (χ0) is 22.3. The van der Waals surface area contributed by atoms with Crippen LogP contribution in [-0.2, 0) is 6.18 Å². The van der Waals surface area contributed by atoms with Gasteiger partial charge in [-0.15, -0.1) is 0 Å². The normalized spacial score (nSPS) is 11.6. The summed E-state index contributed by atoms with van der Waals surface area (Å²) < 4.78 is 46.6. The SMILES string of the molecule is CC(=O)c1cccc(NC(=O)c2nn3c(C(F)(F)F)cc(-c4ccco4)nc3c2Cl)c1. The number of ketones is 1. The molecule has 1 amide bonds. The van der Waals surface area contributed by atoms with Crippen molar-refractivity contribution in [3.05, 3.63) is 70.7 Å². The van der Waals surface area contributed by atoms with Crippen molar-refractivity contribution < 1.29 is 27.2 Å². The Morgan fingerprint density at radius 2 is 1.94 bits per heavy atom. The van der Waals surface area contributed by atoms with Crippen LogP contribution in [0.15, 0.2) is 53.1 Å². The molecule has 11 heteroatoms. The number of nitrogens with one attached hydrogen (secondary N) is 1. The molecule has 0 saturated heterocycles. The molecule has 4 aromatic rings. The second kappa shape index (κ2) is 7.55. The molecule has 3 aromatic heterocycles. The van der Waals surface area contributed by atoms with Gasteiger partial charge in [-0.25, -0.2) is 9.50 Å². The predicted octanol–water partition coefficient (Wildman–Crippen LogP) is 5.12. The number of Topliss-reactive ketones (excluding diaryl/α,β-unsaturated/α-hetero) is 1. The van der Waals surface area contributed by atoms with Crippen molar-refractivity contribution in [2.24, 2.45) is 0 Å². The molecule has 1 N–H and O–H groups in total. The maximum absolute atomic E-state index is 13.7. The van der Waals surface area contributed by atoms with E-state index in [1.54, 1.807) is 12.1 Å². The summed E-state index contributed by atoms with van der Waals surface area (Å²) >= 11 is 6.20. The predicted molar refractivity (Wildman–Crippen MR) is 105 cm³/mol. The average Bonchev–Trinajstić information content (AvgIpc) is 3.35. The van der Waals surface area contributed by atoms with Gasteiger partial charge in [-0.1, -0.05) is 23.7 Å². The molecule has 0 bridgehead atoms. The molecule has 7 nitrogen and oxygen atoms in total. The number of carbonyl (C=O) groups is 2. The molecule has 0 fully saturated rings. The van der Waals surface area contributed by atoms with Crippen molar-refractivity contribution in [2.45, 2.75) is 13.1 Å². The van der Waals surface area contributed by atoms with Crippen molar-refractivity contribution in [3.63, 3.8) is 0 Å². The van der Waals surface area contributed by atoms with Crippen molar-refractivity contribution in [1.82, 2.24) is 14.6 Å². The Morgan fingerprint density at radius 1 is 1.16 bits per heavy atom. The molecule has 0 atom stereocenters. The number of aromatic nitrogens is 3. The number of fused-ring (bicyclic) bond motifs is 1. The van der Waals surface area contributed by atoms with Gasteiger partial charge >= 0.3 is 6.18 Å². The molecule has 31 heavy (non-hydrogen) atoms. The highest BCUT2D eigenvalue weighted by atomic mass is 35.5. The molecule has 0 aliphatic rings. The lowest BCUT2D eigenvalue weighted by atomic mass is 10.1. The number of alkyl halides is 3. The molecule has 0 aliphatic carbocycles. The van der Waals surface area contributed by atoms with Gasteiger partial charge in [-0.3, -0.25) is 9.59 Å². The topological polar surface area (TPSA) is 89.5 Å². The fourth-order valence-corrected chi connectivity index (χ4v) is 3.14. The Balaban J connectivity index is 1.80. The average molecular weight is 449 g/mol. The maximum Gasteiger partial charge on any atom is 0.433 e. The van der Waals surface area contributed by atoms with Gasteiger partial charge in [0, 0.05) is 11.3 Å². The summed E-state index contributed by atoms with van der Waals surface area (Å²) in [5.74, 6) is -0.979. The van der Waals surface area contributed by atoms with E-state index in [0.29, 0.717) is 10.1 Å². The van der Waals surface area contributed by atoms with Crippen molar-refractivity contribution >= 4 is 34.6 Å². The van der Waals surface area contributed by atoms with Crippen LogP contribution in [-0.4, -0.2) is 26.3 Å². The number of halogens is 4. The van der Waals surface area contributed by atoms with Gasteiger partial charge in [-0.05, 0) is 37.3 Å². The van der Waals surface area contributed by atoms with E-state index in [1.807, 2.05) is 0 Å². The first-order valence-corrected chi connectivity index (χ1v) is 9.15. The van der Waals surface area contributed by atoms with Crippen LogP contribution in [0.2, 0.25) is 5.02 Å². The van der Waals surface area contributed by atoms with Gasteiger partial charge in [0.15, 0.2) is 28.6 Å². The second-order valence-electron chi connectivity index (χ2n) is 6.49. The van der Waals surface area contributed by atoms with Crippen LogP contribution in [0.3, 0.4) is 0 Å². The first-order chi connectivity index (χ1) is 14.6. The molecule has 4 rings (SSSR count). The van der Waals surface area contributed by atoms with E-state index >= 15 is 0 Å². The highest BCUT2D eigenvalue weighted by Gasteiger charge is 2.37. The summed E-state index contributed by atoms with van der Waals surface area (Å²) in [5, 5.41) is 5.86. The molecule has 0 aliphatic heterocycles. The van der Waals surface area contributed by atoms with E-state index in [9.17, 15) is 22.8 Å². The summed E-state index contributed by atoms with van der Waals surface area (Å²) in [4.78, 5) is 28.3. The second-order valence-corrected chi connectivity index (χ2v) is 6.87. The maximum atomic E-state index is 13.7. The quantitative estimate of drug-likeness (QED) is 0.438. The Morgan fingerprint density at radius 3 is 2.58 bits per heavy atom. The van der Waals surface area contributed by atoms with E-state index < -0.39 is 23.5 Å². The minimum Gasteiger partial charge on any atom is -0.463 e. The number of amides is 1. The van der Waals surface area contributed by atoms with E-state index in [2.05, 4.69) is 15.4 Å². The minimum absolute atomic E-state index is 0.0947. The van der Waals surface area contributed by atoms with Gasteiger partial charge in [0.05, 0.1) is 6.26 Å². The molecule has 0 radical (unpaired) electrons. The molecular weight excluding hydrogens is 437 g/mol. The van der Waals surface area contributed by atoms with Crippen LogP contribution < -0.4 is 5.32 Å². The van der Waals surface area contributed by atoms with E-state index in [0.717, 1.165) is 6.07 Å². The first-order valence-electron chi connectivity index (χ1n) is 8.78. The summed E-state index contributed by atoms with van der Waals surface area (Å²) in [6.07, 6.45) is -3.51. The lowest BCUT2D eigenvalue weighted by molar-refractivity contribution is -0.142. The van der Waals surface area contributed by atoms with E-state index in [1.165, 1.54) is 37.5 Å². The number of furan rings is 1. The Hall–Kier alpha value is -3.66. The van der Waals surface area contributed by atoms with Crippen LogP contribution in [0.1, 0.15) is 33.5 Å². The molecule has 0 saturated carbocycles. The minimum atomic E-state index is -4.80. The van der Waals surface area contributed by atoms with Gasteiger partial charge in [0.25, 0.3) is 5.91 Å². The third kappa shape index (κ3) is 3.89. The van der Waals surface area contributed by atoms with Crippen molar-refractivity contribution in [1.29, 1.82) is 0 Å². The van der Waals surface area contributed by atoms with Crippen LogP contribution >= 0.6 is 11.6 Å². The van der Waals surface area contributed by atoms with E-state index in [-0.39, 0.29) is 33.6 Å². The smallest absolute Gasteiger partial charge is 0.433 e. The van der Waals surface area contributed by atoms with Crippen LogP contribution in [0.5, 0.6) is 0 Å². The Labute approximate surface area is 177 Å². The molecule has 3 heterocycles. The molecular formula is C20H12ClF3N4O3. The highest BCUT2D eigenvalue weighted by molar-refractivity contribution is 6.37. The number of rotatable bonds is 4. The van der Waals surface area contributed by atoms with Crippen LogP contribution in [0.4, 0.5) is 18.9 Å². The number of hydrogen-bond acceptors (Lipinski definition) is 5. The molecule has 1 aromatic carbocycles. The molecule has 0 unspecified atom stereocenters. The van der Waals surface area contributed by atoms with E-state index in [4.69, 9.17) is 16.0 Å².